The zero-order valence-electron chi connectivity index (χ0n) is 13.6. The number of piperidine rings is 1. The molecule has 0 radical (unpaired) electrons. The Morgan fingerprint density at radius 1 is 1.46 bits per heavy atom. The van der Waals surface area contributed by atoms with Crippen molar-refractivity contribution in [3.8, 4) is 0 Å². The van der Waals surface area contributed by atoms with Gasteiger partial charge in [0.2, 0.25) is 5.91 Å². The Bertz CT molecular complexity index is 592. The van der Waals surface area contributed by atoms with Gasteiger partial charge in [-0.15, -0.1) is 0 Å². The van der Waals surface area contributed by atoms with Crippen molar-refractivity contribution in [2.24, 2.45) is 5.92 Å². The van der Waals surface area contributed by atoms with Crippen molar-refractivity contribution in [2.45, 2.75) is 30.9 Å². The first-order valence-electron chi connectivity index (χ1n) is 7.94. The highest BCUT2D eigenvalue weighted by Crippen LogP contribution is 2.46. The first-order valence-corrected chi connectivity index (χ1v) is 8.32. The van der Waals surface area contributed by atoms with Gasteiger partial charge in [0.15, 0.2) is 0 Å². The maximum absolute atomic E-state index is 12.5. The molecule has 3 rings (SSSR count). The van der Waals surface area contributed by atoms with E-state index in [1.54, 1.807) is 0 Å². The molecule has 2 aliphatic rings. The molecular formula is C17H23ClN2O4. The van der Waals surface area contributed by atoms with Crippen molar-refractivity contribution in [3.05, 3.63) is 34.9 Å². The quantitative estimate of drug-likeness (QED) is 0.715. The molecule has 2 atom stereocenters. The van der Waals surface area contributed by atoms with E-state index in [2.05, 4.69) is 10.2 Å². The van der Waals surface area contributed by atoms with Crippen LogP contribution < -0.4 is 5.32 Å². The van der Waals surface area contributed by atoms with E-state index in [1.165, 1.54) is 0 Å². The Balaban J connectivity index is 0.000000647. The molecule has 1 aromatic carbocycles. The number of aliphatic hydroxyl groups excluding tert-OH is 1. The zero-order valence-corrected chi connectivity index (χ0v) is 14.4. The van der Waals surface area contributed by atoms with E-state index in [-0.39, 0.29) is 23.8 Å². The van der Waals surface area contributed by atoms with Gasteiger partial charge in [0, 0.05) is 18.1 Å². The second-order valence-electron chi connectivity index (χ2n) is 6.41. The number of carbonyl (C=O) groups is 2. The topological polar surface area (TPSA) is 89.9 Å². The Morgan fingerprint density at radius 2 is 2.12 bits per heavy atom. The minimum Gasteiger partial charge on any atom is -0.483 e. The van der Waals surface area contributed by atoms with Gasteiger partial charge in [0.05, 0.1) is 17.6 Å². The van der Waals surface area contributed by atoms with Crippen LogP contribution in [0.25, 0.3) is 0 Å². The van der Waals surface area contributed by atoms with Crippen LogP contribution in [0.4, 0.5) is 0 Å². The molecule has 6 nitrogen and oxygen atoms in total. The monoisotopic (exact) mass is 354 g/mol. The number of rotatable bonds is 3. The van der Waals surface area contributed by atoms with Gasteiger partial charge in [-0.25, -0.2) is 0 Å². The first kappa shape index (κ1) is 18.7. The Kier molecular flexibility index (Phi) is 6.21. The third-order valence-electron chi connectivity index (χ3n) is 4.61. The maximum atomic E-state index is 12.5. The highest BCUT2D eigenvalue weighted by Gasteiger charge is 2.47. The number of benzene rings is 1. The summed E-state index contributed by atoms with van der Waals surface area (Å²) in [6.07, 6.45) is 1.96. The van der Waals surface area contributed by atoms with Crippen molar-refractivity contribution >= 4 is 24.0 Å². The van der Waals surface area contributed by atoms with Crippen LogP contribution in [-0.2, 0) is 15.1 Å². The molecule has 1 saturated heterocycles. The highest BCUT2D eigenvalue weighted by molar-refractivity contribution is 6.30. The van der Waals surface area contributed by atoms with Crippen LogP contribution in [0.2, 0.25) is 5.02 Å². The average Bonchev–Trinajstić information content (AvgIpc) is 3.31. The molecule has 7 heteroatoms. The third kappa shape index (κ3) is 4.47. The summed E-state index contributed by atoms with van der Waals surface area (Å²) in [5.74, 6) is -0.396. The fourth-order valence-corrected chi connectivity index (χ4v) is 3.28. The van der Waals surface area contributed by atoms with Crippen molar-refractivity contribution in [1.82, 2.24) is 10.2 Å². The molecular weight excluding hydrogens is 332 g/mol. The number of aliphatic hydroxyl groups is 1. The van der Waals surface area contributed by atoms with Gasteiger partial charge in [-0.2, -0.15) is 0 Å². The molecule has 1 aromatic rings. The van der Waals surface area contributed by atoms with Crippen molar-refractivity contribution in [1.29, 1.82) is 0 Å². The molecule has 2 fully saturated rings. The summed E-state index contributed by atoms with van der Waals surface area (Å²) in [7, 11) is 1.98. The maximum Gasteiger partial charge on any atom is 0.290 e. The second-order valence-corrected chi connectivity index (χ2v) is 6.85. The van der Waals surface area contributed by atoms with Gasteiger partial charge in [-0.1, -0.05) is 23.7 Å². The fourth-order valence-electron chi connectivity index (χ4n) is 3.09. The minimum atomic E-state index is -0.545. The largest absolute Gasteiger partial charge is 0.483 e. The van der Waals surface area contributed by atoms with Crippen LogP contribution in [0.15, 0.2) is 24.3 Å². The number of hydrogen-bond donors (Lipinski definition) is 3. The molecule has 1 amide bonds. The summed E-state index contributed by atoms with van der Waals surface area (Å²) < 4.78 is 0. The average molecular weight is 355 g/mol. The van der Waals surface area contributed by atoms with Crippen LogP contribution >= 0.6 is 11.6 Å². The molecule has 132 valence electrons. The first-order chi connectivity index (χ1) is 11.4. The van der Waals surface area contributed by atoms with Crippen LogP contribution in [0, 0.1) is 5.92 Å². The number of carbonyl (C=O) groups excluding carboxylic acids is 1. The van der Waals surface area contributed by atoms with Gasteiger partial charge >= 0.3 is 0 Å². The van der Waals surface area contributed by atoms with Crippen molar-refractivity contribution in [3.63, 3.8) is 0 Å². The SMILES string of the molecule is CN1CC[C@@H](O)[C@H](C(=O)NC2(c3cccc(Cl)c3)CC2)C1.O=CO. The molecule has 1 aliphatic carbocycles. The number of hydrogen-bond acceptors (Lipinski definition) is 4. The van der Waals surface area contributed by atoms with Crippen molar-refractivity contribution < 1.29 is 19.8 Å². The minimum absolute atomic E-state index is 0.0495. The third-order valence-corrected chi connectivity index (χ3v) is 4.84. The fraction of sp³-hybridized carbons (Fsp3) is 0.529. The summed E-state index contributed by atoms with van der Waals surface area (Å²) in [6.45, 7) is 1.20. The van der Waals surface area contributed by atoms with Gasteiger partial charge < -0.3 is 20.4 Å². The highest BCUT2D eigenvalue weighted by atomic mass is 35.5. The lowest BCUT2D eigenvalue weighted by atomic mass is 9.93. The molecule has 1 saturated carbocycles. The molecule has 0 spiro atoms. The van der Waals surface area contributed by atoms with Gasteiger partial charge in [0.1, 0.15) is 0 Å². The normalized spacial score (nSPS) is 25.1. The van der Waals surface area contributed by atoms with Crippen LogP contribution in [0.1, 0.15) is 24.8 Å². The summed E-state index contributed by atoms with van der Waals surface area (Å²) in [5.41, 5.74) is 0.777. The Labute approximate surface area is 146 Å². The number of nitrogens with one attached hydrogen (secondary N) is 1. The molecule has 0 unspecified atom stereocenters. The van der Waals surface area contributed by atoms with Crippen LogP contribution in [0.5, 0.6) is 0 Å². The summed E-state index contributed by atoms with van der Waals surface area (Å²) >= 11 is 6.05. The summed E-state index contributed by atoms with van der Waals surface area (Å²) in [6, 6.07) is 7.66. The summed E-state index contributed by atoms with van der Waals surface area (Å²) in [4.78, 5) is 23.0. The van der Waals surface area contributed by atoms with Gasteiger partial charge in [0.25, 0.3) is 6.47 Å². The lowest BCUT2D eigenvalue weighted by Crippen LogP contribution is -2.50. The summed E-state index contributed by atoms with van der Waals surface area (Å²) in [5, 5.41) is 20.8. The van der Waals surface area contributed by atoms with E-state index < -0.39 is 6.10 Å². The standard InChI is InChI=1S/C16H21ClN2O2.CH2O2/c1-19-8-5-14(20)13(10-19)15(21)18-16(6-7-16)11-3-2-4-12(17)9-11;2-1-3/h2-4,9,13-14,20H,5-8,10H2,1H3,(H,18,21);1H,(H,2,3)/t13-,14-;/m1./s1. The molecule has 0 aromatic heterocycles. The lowest BCUT2D eigenvalue weighted by molar-refractivity contribution is -0.132. The number of carboxylic acid groups (broad SMARTS) is 1. The molecule has 1 aliphatic heterocycles. The molecule has 0 bridgehead atoms. The number of amides is 1. The number of halogens is 1. The van der Waals surface area contributed by atoms with E-state index >= 15 is 0 Å². The zero-order chi connectivity index (χ0) is 17.7. The second kappa shape index (κ2) is 7.96. The van der Waals surface area contributed by atoms with Crippen LogP contribution in [0.3, 0.4) is 0 Å². The number of likely N-dealkylation sites (tertiary alicyclic amines) is 1. The molecule has 3 N–H and O–H groups in total. The lowest BCUT2D eigenvalue weighted by Gasteiger charge is -2.34. The number of nitrogens with zero attached hydrogens (tertiary/aromatic N) is 1. The smallest absolute Gasteiger partial charge is 0.290 e. The molecule has 24 heavy (non-hydrogen) atoms. The van der Waals surface area contributed by atoms with Gasteiger partial charge in [-0.3, -0.25) is 9.59 Å². The van der Waals surface area contributed by atoms with E-state index in [9.17, 15) is 9.90 Å². The molecule has 1 heterocycles. The van der Waals surface area contributed by atoms with Crippen molar-refractivity contribution in [2.75, 3.05) is 20.1 Å². The van der Waals surface area contributed by atoms with E-state index in [0.29, 0.717) is 18.0 Å². The van der Waals surface area contributed by atoms with E-state index in [4.69, 9.17) is 21.5 Å². The Morgan fingerprint density at radius 3 is 2.71 bits per heavy atom. The van der Waals surface area contributed by atoms with Gasteiger partial charge in [-0.05, 0) is 44.0 Å². The van der Waals surface area contributed by atoms with Crippen LogP contribution in [-0.4, -0.2) is 53.7 Å². The van der Waals surface area contributed by atoms with E-state index in [1.807, 2.05) is 31.3 Å². The van der Waals surface area contributed by atoms with E-state index in [0.717, 1.165) is 24.9 Å². The Hall–Kier alpha value is -1.63. The predicted octanol–water partition coefficient (Wildman–Crippen LogP) is 1.46. The predicted molar refractivity (Wildman–Crippen MR) is 90.8 cm³/mol.